The second-order valence-corrected chi connectivity index (χ2v) is 11.7. The molecule has 37 heavy (non-hydrogen) atoms. The molecule has 3 aromatic rings. The van der Waals surface area contributed by atoms with Gasteiger partial charge in [-0.05, 0) is 57.8 Å². The lowest BCUT2D eigenvalue weighted by Gasteiger charge is -2.40. The van der Waals surface area contributed by atoms with Crippen LogP contribution in [0.2, 0.25) is 0 Å². The molecule has 5 heterocycles. The van der Waals surface area contributed by atoms with Crippen LogP contribution in [-0.2, 0) is 11.2 Å². The lowest BCUT2D eigenvalue weighted by molar-refractivity contribution is 0.0495. The number of nitrogens with zero attached hydrogens (tertiary/aromatic N) is 6. The van der Waals surface area contributed by atoms with Gasteiger partial charge in [0, 0.05) is 44.6 Å². The molecule has 3 aliphatic rings. The van der Waals surface area contributed by atoms with E-state index in [1.165, 1.54) is 12.8 Å². The van der Waals surface area contributed by atoms with Crippen molar-refractivity contribution in [1.82, 2.24) is 29.6 Å². The number of rotatable bonds is 7. The third kappa shape index (κ3) is 5.74. The Bertz CT molecular complexity index is 1180. The number of hydrogen-bond donors (Lipinski definition) is 3. The number of fused-ring (bicyclic) bond motifs is 1. The molecule has 2 aliphatic heterocycles. The van der Waals surface area contributed by atoms with E-state index in [1.807, 2.05) is 17.1 Å². The third-order valence-corrected chi connectivity index (χ3v) is 9.17. The van der Waals surface area contributed by atoms with Gasteiger partial charge >= 0.3 is 0 Å². The summed E-state index contributed by atoms with van der Waals surface area (Å²) < 4.78 is 7.53. The highest BCUT2D eigenvalue weighted by Gasteiger charge is 2.29. The number of ether oxygens (including phenoxy) is 1. The zero-order chi connectivity index (χ0) is 25.2. The number of anilines is 3. The fraction of sp³-hybridized carbons (Fsp3) is 0.692. The van der Waals surface area contributed by atoms with E-state index in [2.05, 4.69) is 27.6 Å². The van der Waals surface area contributed by atoms with Crippen molar-refractivity contribution in [2.24, 2.45) is 0 Å². The van der Waals surface area contributed by atoms with Crippen LogP contribution in [0.3, 0.4) is 0 Å². The van der Waals surface area contributed by atoms with Gasteiger partial charge in [-0.1, -0.05) is 18.3 Å². The Kier molecular flexibility index (Phi) is 7.55. The molecule has 1 aliphatic carbocycles. The molecule has 0 amide bonds. The molecule has 0 aromatic carbocycles. The highest BCUT2D eigenvalue weighted by atomic mass is 32.1. The SMILES string of the molecule is CCc1nc2c(N[C@H]3CC[C@H](N4CCC(O)CC4)CC3)nc(Nc3cnn(C4CCOCC4)c3)nc2s1. The average molecular weight is 527 g/mol. The summed E-state index contributed by atoms with van der Waals surface area (Å²) in [6.45, 7) is 5.75. The first-order valence-electron chi connectivity index (χ1n) is 13.9. The monoisotopic (exact) mass is 526 g/mol. The first-order valence-corrected chi connectivity index (χ1v) is 14.7. The standard InChI is InChI=1S/C26H38N8O2S/c1-2-22-30-23-24(28-17-3-5-19(6-4-17)33-11-7-21(35)8-12-33)31-26(32-25(23)37-22)29-18-15-27-34(16-18)20-9-13-36-14-10-20/h15-17,19-21,35H,2-14H2,1H3,(H2,28,29,31,32)/t17-,19-. The van der Waals surface area contributed by atoms with Crippen LogP contribution < -0.4 is 10.6 Å². The van der Waals surface area contributed by atoms with E-state index in [1.54, 1.807) is 11.3 Å². The van der Waals surface area contributed by atoms with E-state index in [4.69, 9.17) is 19.7 Å². The van der Waals surface area contributed by atoms with Crippen molar-refractivity contribution >= 4 is 39.1 Å². The summed E-state index contributed by atoms with van der Waals surface area (Å²) in [6, 6.07) is 1.38. The summed E-state index contributed by atoms with van der Waals surface area (Å²) in [5.41, 5.74) is 1.77. The Labute approximate surface area is 221 Å². The Hall–Kier alpha value is -2.34. The molecule has 11 heteroatoms. The zero-order valence-corrected chi connectivity index (χ0v) is 22.4. The largest absolute Gasteiger partial charge is 0.393 e. The molecule has 3 N–H and O–H groups in total. The van der Waals surface area contributed by atoms with E-state index < -0.39 is 0 Å². The molecule has 2 saturated heterocycles. The lowest BCUT2D eigenvalue weighted by atomic mass is 9.89. The summed E-state index contributed by atoms with van der Waals surface area (Å²) in [7, 11) is 0. The fourth-order valence-corrected chi connectivity index (χ4v) is 6.76. The molecule has 200 valence electrons. The number of hydrogen-bond acceptors (Lipinski definition) is 10. The van der Waals surface area contributed by atoms with Gasteiger partial charge in [0.15, 0.2) is 10.6 Å². The molecule has 0 atom stereocenters. The molecule has 6 rings (SSSR count). The van der Waals surface area contributed by atoms with Crippen LogP contribution in [0, 0.1) is 0 Å². The highest BCUT2D eigenvalue weighted by molar-refractivity contribution is 7.18. The van der Waals surface area contributed by atoms with Gasteiger partial charge in [0.2, 0.25) is 5.95 Å². The minimum atomic E-state index is -0.112. The summed E-state index contributed by atoms with van der Waals surface area (Å²) in [6.07, 6.45) is 13.0. The zero-order valence-electron chi connectivity index (χ0n) is 21.6. The predicted molar refractivity (Wildman–Crippen MR) is 146 cm³/mol. The molecule has 1 saturated carbocycles. The van der Waals surface area contributed by atoms with E-state index in [9.17, 15) is 5.11 Å². The fourth-order valence-electron chi connectivity index (χ4n) is 5.88. The van der Waals surface area contributed by atoms with Gasteiger partial charge < -0.3 is 25.4 Å². The molecule has 0 spiro atoms. The predicted octanol–water partition coefficient (Wildman–Crippen LogP) is 4.12. The Morgan fingerprint density at radius 2 is 1.78 bits per heavy atom. The number of aliphatic hydroxyl groups excluding tert-OH is 1. The van der Waals surface area contributed by atoms with Crippen LogP contribution in [0.25, 0.3) is 10.3 Å². The molecule has 0 unspecified atom stereocenters. The Balaban J connectivity index is 1.15. The van der Waals surface area contributed by atoms with Crippen LogP contribution >= 0.6 is 11.3 Å². The second kappa shape index (κ2) is 11.2. The molecule has 3 fully saturated rings. The van der Waals surface area contributed by atoms with Gasteiger partial charge in [-0.15, -0.1) is 0 Å². The van der Waals surface area contributed by atoms with Crippen molar-refractivity contribution in [1.29, 1.82) is 0 Å². The first-order chi connectivity index (χ1) is 18.1. The number of nitrogens with one attached hydrogen (secondary N) is 2. The van der Waals surface area contributed by atoms with Gasteiger partial charge in [-0.25, -0.2) is 4.98 Å². The Morgan fingerprint density at radius 3 is 2.54 bits per heavy atom. The van der Waals surface area contributed by atoms with Gasteiger partial charge in [0.05, 0.1) is 29.0 Å². The quantitative estimate of drug-likeness (QED) is 0.418. The summed E-state index contributed by atoms with van der Waals surface area (Å²) in [4.78, 5) is 18.0. The number of aromatic nitrogens is 5. The van der Waals surface area contributed by atoms with Crippen LogP contribution in [0.1, 0.15) is 69.3 Å². The smallest absolute Gasteiger partial charge is 0.230 e. The maximum absolute atomic E-state index is 9.85. The van der Waals surface area contributed by atoms with Gasteiger partial charge in [-0.3, -0.25) is 4.68 Å². The highest BCUT2D eigenvalue weighted by Crippen LogP contribution is 2.32. The number of aliphatic hydroxyl groups is 1. The third-order valence-electron chi connectivity index (χ3n) is 8.08. The minimum Gasteiger partial charge on any atom is -0.393 e. The molecule has 0 bridgehead atoms. The molecule has 3 aromatic heterocycles. The van der Waals surface area contributed by atoms with E-state index >= 15 is 0 Å². The molecule has 0 radical (unpaired) electrons. The van der Waals surface area contributed by atoms with Gasteiger partial charge in [0.25, 0.3) is 0 Å². The number of piperidine rings is 1. The van der Waals surface area contributed by atoms with Gasteiger partial charge in [0.1, 0.15) is 5.52 Å². The minimum absolute atomic E-state index is 0.112. The summed E-state index contributed by atoms with van der Waals surface area (Å²) in [5, 5.41) is 22.6. The molecule has 10 nitrogen and oxygen atoms in total. The van der Waals surface area contributed by atoms with Crippen LogP contribution in [0.4, 0.5) is 17.5 Å². The topological polar surface area (TPSA) is 113 Å². The maximum Gasteiger partial charge on any atom is 0.230 e. The number of thiazole rings is 1. The van der Waals surface area contributed by atoms with E-state index in [0.29, 0.717) is 24.1 Å². The first kappa shape index (κ1) is 25.0. The van der Waals surface area contributed by atoms with Crippen molar-refractivity contribution in [3.63, 3.8) is 0 Å². The van der Waals surface area contributed by atoms with Crippen LogP contribution in [0.5, 0.6) is 0 Å². The van der Waals surface area contributed by atoms with E-state index in [0.717, 1.165) is 98.1 Å². The summed E-state index contributed by atoms with van der Waals surface area (Å²) >= 11 is 1.64. The number of likely N-dealkylation sites (tertiary alicyclic amines) is 1. The second-order valence-electron chi connectivity index (χ2n) is 10.6. The summed E-state index contributed by atoms with van der Waals surface area (Å²) in [5.74, 6) is 1.40. The number of aryl methyl sites for hydroxylation is 1. The van der Waals surface area contributed by atoms with Crippen LogP contribution in [-0.4, -0.2) is 79.2 Å². The van der Waals surface area contributed by atoms with Crippen molar-refractivity contribution in [2.75, 3.05) is 36.9 Å². The van der Waals surface area contributed by atoms with Crippen molar-refractivity contribution in [3.8, 4) is 0 Å². The molecular weight excluding hydrogens is 488 g/mol. The maximum atomic E-state index is 9.85. The molecular formula is C26H38N8O2S. The van der Waals surface area contributed by atoms with Crippen molar-refractivity contribution in [3.05, 3.63) is 17.4 Å². The average Bonchev–Trinajstić information content (AvgIpc) is 3.57. The van der Waals surface area contributed by atoms with Crippen LogP contribution in [0.15, 0.2) is 12.4 Å². The normalized spacial score (nSPS) is 24.5. The van der Waals surface area contributed by atoms with Gasteiger partial charge in [-0.2, -0.15) is 15.1 Å². The van der Waals surface area contributed by atoms with Crippen molar-refractivity contribution in [2.45, 2.75) is 88.9 Å². The lowest BCUT2D eigenvalue weighted by Crippen LogP contribution is -2.45. The Morgan fingerprint density at radius 1 is 1.00 bits per heavy atom. The van der Waals surface area contributed by atoms with Crippen molar-refractivity contribution < 1.29 is 9.84 Å². The van der Waals surface area contributed by atoms with E-state index in [-0.39, 0.29) is 6.10 Å².